The van der Waals surface area contributed by atoms with E-state index in [1.165, 1.54) is 0 Å². The molecule has 3 rings (SSSR count). The van der Waals surface area contributed by atoms with Gasteiger partial charge in [0.2, 0.25) is 13.6 Å². The molecule has 1 unspecified atom stereocenters. The summed E-state index contributed by atoms with van der Waals surface area (Å²) in [5, 5.41) is 0. The number of fused-ring (bicyclic) bond motifs is 1. The van der Waals surface area contributed by atoms with E-state index < -0.39 is 18.9 Å². The number of likely N-dealkylation sites (N-methyl/N-ethyl adjacent to an activating group) is 1. The van der Waals surface area contributed by atoms with Crippen LogP contribution in [0, 0.1) is 0 Å². The molecule has 8 nitrogen and oxygen atoms in total. The minimum atomic E-state index is -0.523. The van der Waals surface area contributed by atoms with Gasteiger partial charge in [-0.2, -0.15) is 0 Å². The topological polar surface area (TPSA) is 77.5 Å². The van der Waals surface area contributed by atoms with Gasteiger partial charge in [-0.3, -0.25) is 0 Å². The second kappa shape index (κ2) is 10.2. The van der Waals surface area contributed by atoms with Crippen molar-refractivity contribution >= 4 is 12.1 Å². The third-order valence-corrected chi connectivity index (χ3v) is 5.23. The summed E-state index contributed by atoms with van der Waals surface area (Å²) < 4.78 is 21.1. The highest BCUT2D eigenvalue weighted by Gasteiger charge is 2.23. The summed E-state index contributed by atoms with van der Waals surface area (Å²) in [5.74, 6) is 0.953. The van der Waals surface area contributed by atoms with E-state index in [1.807, 2.05) is 63.1 Å². The molecule has 2 aliphatic heterocycles. The highest BCUT2D eigenvalue weighted by Crippen LogP contribution is 2.33. The van der Waals surface area contributed by atoms with Crippen molar-refractivity contribution in [2.24, 2.45) is 0 Å². The van der Waals surface area contributed by atoms with Crippen LogP contribution in [0.4, 0.5) is 4.79 Å². The van der Waals surface area contributed by atoms with E-state index in [9.17, 15) is 9.59 Å². The van der Waals surface area contributed by atoms with Gasteiger partial charge in [0.05, 0.1) is 5.57 Å². The van der Waals surface area contributed by atoms with Gasteiger partial charge in [0.15, 0.2) is 11.5 Å². The molecule has 0 aliphatic carbocycles. The number of ether oxygens (including phenoxy) is 4. The molecule has 2 heterocycles. The molecular formula is C23H30N2O6. The van der Waals surface area contributed by atoms with Crippen molar-refractivity contribution in [1.29, 1.82) is 0 Å². The molecule has 2 aliphatic rings. The van der Waals surface area contributed by atoms with Gasteiger partial charge in [-0.1, -0.05) is 12.1 Å². The number of nitrogens with zero attached hydrogens (tertiary/aromatic N) is 2. The van der Waals surface area contributed by atoms with Crippen molar-refractivity contribution in [1.82, 2.24) is 9.80 Å². The lowest BCUT2D eigenvalue weighted by Gasteiger charge is -2.27. The summed E-state index contributed by atoms with van der Waals surface area (Å²) in [5.41, 5.74) is 1.55. The molecule has 1 aromatic carbocycles. The van der Waals surface area contributed by atoms with Crippen LogP contribution in [-0.4, -0.2) is 54.1 Å². The van der Waals surface area contributed by atoms with Crippen molar-refractivity contribution < 1.29 is 28.5 Å². The average molecular weight is 431 g/mol. The number of allylic oxidation sites excluding steroid dienone is 1. The van der Waals surface area contributed by atoms with Crippen LogP contribution in [0.15, 0.2) is 42.2 Å². The van der Waals surface area contributed by atoms with Crippen molar-refractivity contribution in [3.8, 4) is 11.5 Å². The summed E-state index contributed by atoms with van der Waals surface area (Å²) in [6.45, 7) is 8.15. The Balaban J connectivity index is 1.48. The summed E-state index contributed by atoms with van der Waals surface area (Å²) >= 11 is 0. The molecule has 0 saturated heterocycles. The smallest absolute Gasteiger partial charge is 0.412 e. The molecule has 1 atom stereocenters. The van der Waals surface area contributed by atoms with Gasteiger partial charge in [-0.25, -0.2) is 9.59 Å². The number of hydrogen-bond acceptors (Lipinski definition) is 7. The average Bonchev–Trinajstić information content (AvgIpc) is 3.22. The van der Waals surface area contributed by atoms with E-state index in [0.717, 1.165) is 11.3 Å². The quantitative estimate of drug-likeness (QED) is 0.458. The molecule has 0 saturated carbocycles. The standard InChI is InChI=1S/C23H30N2O6/c1-5-25(17(4)11-18-8-9-20-21(12-18)29-14-28-20)23(27)31-15-30-22(26)19-7-6-10-24(13-19)16(2)3/h6,8-10,12-13,16-17H,5,7,11,14-15H2,1-4H3. The Bertz CT molecular complexity index is 864. The van der Waals surface area contributed by atoms with Crippen LogP contribution < -0.4 is 9.47 Å². The predicted molar refractivity (Wildman–Crippen MR) is 114 cm³/mol. The van der Waals surface area contributed by atoms with Crippen molar-refractivity contribution in [2.75, 3.05) is 20.1 Å². The predicted octanol–water partition coefficient (Wildman–Crippen LogP) is 3.82. The van der Waals surface area contributed by atoms with E-state index in [2.05, 4.69) is 0 Å². The van der Waals surface area contributed by atoms with Gasteiger partial charge < -0.3 is 28.7 Å². The Hall–Kier alpha value is -3.16. The Morgan fingerprint density at radius 1 is 1.16 bits per heavy atom. The Labute approximate surface area is 183 Å². The lowest BCUT2D eigenvalue weighted by atomic mass is 10.1. The second-order valence-corrected chi connectivity index (χ2v) is 7.77. The van der Waals surface area contributed by atoms with Crippen LogP contribution in [0.1, 0.15) is 39.7 Å². The van der Waals surface area contributed by atoms with E-state index in [0.29, 0.717) is 30.7 Å². The molecule has 0 radical (unpaired) electrons. The van der Waals surface area contributed by atoms with Crippen LogP contribution in [0.2, 0.25) is 0 Å². The van der Waals surface area contributed by atoms with Crippen LogP contribution in [0.3, 0.4) is 0 Å². The monoisotopic (exact) mass is 430 g/mol. The molecule has 0 aromatic heterocycles. The van der Waals surface area contributed by atoms with Gasteiger partial charge in [-0.05, 0) is 51.8 Å². The van der Waals surface area contributed by atoms with Crippen LogP contribution in [0.25, 0.3) is 0 Å². The second-order valence-electron chi connectivity index (χ2n) is 7.77. The first-order valence-corrected chi connectivity index (χ1v) is 10.5. The first-order valence-electron chi connectivity index (χ1n) is 10.5. The largest absolute Gasteiger partial charge is 0.454 e. The van der Waals surface area contributed by atoms with Gasteiger partial charge in [0.25, 0.3) is 0 Å². The number of rotatable bonds is 8. The van der Waals surface area contributed by atoms with Crippen LogP contribution >= 0.6 is 0 Å². The maximum absolute atomic E-state index is 12.5. The van der Waals surface area contributed by atoms with Crippen LogP contribution in [-0.2, 0) is 20.7 Å². The molecule has 0 spiro atoms. The molecule has 31 heavy (non-hydrogen) atoms. The molecular weight excluding hydrogens is 400 g/mol. The maximum Gasteiger partial charge on any atom is 0.412 e. The van der Waals surface area contributed by atoms with Gasteiger partial charge in [0, 0.05) is 37.4 Å². The molecule has 8 heteroatoms. The van der Waals surface area contributed by atoms with Crippen molar-refractivity contribution in [3.05, 3.63) is 47.8 Å². The van der Waals surface area contributed by atoms with Gasteiger partial charge >= 0.3 is 12.1 Å². The molecule has 0 fully saturated rings. The number of carbonyl (C=O) groups is 2. The molecule has 0 N–H and O–H groups in total. The fourth-order valence-electron chi connectivity index (χ4n) is 3.48. The molecule has 1 aromatic rings. The third kappa shape index (κ3) is 5.71. The highest BCUT2D eigenvalue weighted by atomic mass is 16.7. The first kappa shape index (κ1) is 22.5. The minimum Gasteiger partial charge on any atom is -0.454 e. The summed E-state index contributed by atoms with van der Waals surface area (Å²) in [4.78, 5) is 28.3. The van der Waals surface area contributed by atoms with E-state index >= 15 is 0 Å². The van der Waals surface area contributed by atoms with E-state index in [-0.39, 0.29) is 18.9 Å². The SMILES string of the molecule is CCN(C(=O)OCOC(=O)C1=CN(C(C)C)C=CC1)C(C)Cc1ccc2c(c1)OCO2. The Morgan fingerprint density at radius 3 is 2.68 bits per heavy atom. The summed E-state index contributed by atoms with van der Waals surface area (Å²) in [6, 6.07) is 5.87. The maximum atomic E-state index is 12.5. The Kier molecular flexibility index (Phi) is 7.44. The highest BCUT2D eigenvalue weighted by molar-refractivity contribution is 5.88. The van der Waals surface area contributed by atoms with Crippen molar-refractivity contribution in [3.63, 3.8) is 0 Å². The zero-order chi connectivity index (χ0) is 22.4. The summed E-state index contributed by atoms with van der Waals surface area (Å²) in [7, 11) is 0. The van der Waals surface area contributed by atoms with Crippen LogP contribution in [0.5, 0.6) is 11.5 Å². The van der Waals surface area contributed by atoms with Crippen molar-refractivity contribution in [2.45, 2.75) is 52.6 Å². The number of amides is 1. The zero-order valence-electron chi connectivity index (χ0n) is 18.5. The number of carbonyl (C=O) groups excluding carboxylic acids is 2. The number of hydrogen-bond donors (Lipinski definition) is 0. The lowest BCUT2D eigenvalue weighted by molar-refractivity contribution is -0.148. The fourth-order valence-corrected chi connectivity index (χ4v) is 3.48. The Morgan fingerprint density at radius 2 is 1.94 bits per heavy atom. The molecule has 1 amide bonds. The number of esters is 1. The third-order valence-electron chi connectivity index (χ3n) is 5.23. The van der Waals surface area contributed by atoms with Gasteiger partial charge in [0.1, 0.15) is 0 Å². The number of benzene rings is 1. The normalized spacial score (nSPS) is 15.5. The van der Waals surface area contributed by atoms with E-state index in [4.69, 9.17) is 18.9 Å². The summed E-state index contributed by atoms with van der Waals surface area (Å²) in [6.07, 6.45) is 6.19. The van der Waals surface area contributed by atoms with Gasteiger partial charge in [-0.15, -0.1) is 0 Å². The first-order chi connectivity index (χ1) is 14.9. The minimum absolute atomic E-state index is 0.112. The fraction of sp³-hybridized carbons (Fsp3) is 0.478. The van der Waals surface area contributed by atoms with E-state index in [1.54, 1.807) is 11.1 Å². The molecule has 168 valence electrons. The lowest BCUT2D eigenvalue weighted by Crippen LogP contribution is -2.40. The zero-order valence-corrected chi connectivity index (χ0v) is 18.5. The molecule has 0 bridgehead atoms.